The van der Waals surface area contributed by atoms with Crippen molar-refractivity contribution in [3.8, 4) is 0 Å². The van der Waals surface area contributed by atoms with Crippen LogP contribution in [0.25, 0.3) is 0 Å². The number of carbonyl (C=O) groups is 2. The fraction of sp³-hybridized carbons (Fsp3) is 0.103. The molecule has 36 heavy (non-hydrogen) atoms. The number of carbonyl (C=O) groups excluding carboxylic acids is 2. The van der Waals surface area contributed by atoms with E-state index in [-0.39, 0.29) is 11.6 Å². The van der Waals surface area contributed by atoms with Gasteiger partial charge >= 0.3 is 6.18 Å². The minimum Gasteiger partial charge on any atom is -0.335 e. The molecule has 0 N–H and O–H groups in total. The molecule has 3 nitrogen and oxygen atoms in total. The van der Waals surface area contributed by atoms with Crippen LogP contribution in [-0.2, 0) is 12.7 Å². The molecule has 0 atom stereocenters. The Balaban J connectivity index is 1.43. The second kappa shape index (κ2) is 8.10. The first-order valence-corrected chi connectivity index (χ1v) is 12.1. The standard InChI is InChI=1S/C29H18F3NO2S/c1-16-6-10-23-25(12-16)36-26-14-18(29(30,31)32)8-11-24(26)33(23)15-17-7-9-21-22(13-17)28(35)20-5-3-2-4-19(20)27(21)34/h2-14H,15H2,1H3. The molecular formula is C29H18F3NO2S. The fourth-order valence-electron chi connectivity index (χ4n) is 4.77. The zero-order chi connectivity index (χ0) is 25.2. The Labute approximate surface area is 209 Å². The van der Waals surface area contributed by atoms with Crippen molar-refractivity contribution in [3.05, 3.63) is 118 Å². The summed E-state index contributed by atoms with van der Waals surface area (Å²) in [5.74, 6) is -0.394. The van der Waals surface area contributed by atoms with Gasteiger partial charge in [0.15, 0.2) is 11.6 Å². The van der Waals surface area contributed by atoms with Gasteiger partial charge in [0, 0.05) is 38.6 Å². The van der Waals surface area contributed by atoms with Crippen LogP contribution in [0.3, 0.4) is 0 Å². The van der Waals surface area contributed by atoms with E-state index in [0.717, 1.165) is 27.8 Å². The topological polar surface area (TPSA) is 37.4 Å². The van der Waals surface area contributed by atoms with Crippen LogP contribution in [0, 0.1) is 6.92 Å². The summed E-state index contributed by atoms with van der Waals surface area (Å²) in [5.41, 5.74) is 4.12. The summed E-state index contributed by atoms with van der Waals surface area (Å²) in [6.07, 6.45) is -4.44. The van der Waals surface area contributed by atoms with Gasteiger partial charge < -0.3 is 4.90 Å². The van der Waals surface area contributed by atoms with Gasteiger partial charge in [-0.3, -0.25) is 9.59 Å². The second-order valence-electron chi connectivity index (χ2n) is 8.92. The number of anilines is 2. The lowest BCUT2D eigenvalue weighted by molar-refractivity contribution is -0.137. The molecule has 0 radical (unpaired) electrons. The third-order valence-corrected chi connectivity index (χ3v) is 7.63. The van der Waals surface area contributed by atoms with Crippen LogP contribution in [0.15, 0.2) is 88.7 Å². The van der Waals surface area contributed by atoms with Gasteiger partial charge in [0.2, 0.25) is 0 Å². The molecule has 0 fully saturated rings. The Hall–Kier alpha value is -3.84. The maximum absolute atomic E-state index is 13.4. The molecule has 1 heterocycles. The average molecular weight is 502 g/mol. The molecule has 1 aliphatic heterocycles. The first kappa shape index (κ1) is 22.6. The van der Waals surface area contributed by atoms with Crippen molar-refractivity contribution < 1.29 is 22.8 Å². The summed E-state index contributed by atoms with van der Waals surface area (Å²) in [6, 6.07) is 21.6. The van der Waals surface area contributed by atoms with Crippen molar-refractivity contribution >= 4 is 34.7 Å². The highest BCUT2D eigenvalue weighted by atomic mass is 32.2. The number of ketones is 2. The monoisotopic (exact) mass is 501 g/mol. The number of aryl methyl sites for hydroxylation is 1. The van der Waals surface area contributed by atoms with Gasteiger partial charge in [0.1, 0.15) is 0 Å². The van der Waals surface area contributed by atoms with Crippen LogP contribution >= 0.6 is 11.8 Å². The van der Waals surface area contributed by atoms with E-state index in [0.29, 0.717) is 39.4 Å². The summed E-state index contributed by atoms with van der Waals surface area (Å²) in [5, 5.41) is 0. The zero-order valence-electron chi connectivity index (χ0n) is 19.0. The molecule has 1 aliphatic carbocycles. The lowest BCUT2D eigenvalue weighted by atomic mass is 9.83. The lowest BCUT2D eigenvalue weighted by Gasteiger charge is -2.33. The van der Waals surface area contributed by atoms with Crippen molar-refractivity contribution in [1.29, 1.82) is 0 Å². The summed E-state index contributed by atoms with van der Waals surface area (Å²) in [7, 11) is 0. The molecule has 7 heteroatoms. The minimum atomic E-state index is -4.44. The molecule has 0 spiro atoms. The third-order valence-electron chi connectivity index (χ3n) is 6.53. The maximum atomic E-state index is 13.4. The first-order chi connectivity index (χ1) is 17.2. The third kappa shape index (κ3) is 3.62. The molecule has 0 saturated carbocycles. The normalized spacial score (nSPS) is 14.2. The Morgan fingerprint density at radius 3 is 2.03 bits per heavy atom. The summed E-state index contributed by atoms with van der Waals surface area (Å²) >= 11 is 1.32. The van der Waals surface area contributed by atoms with Crippen LogP contribution < -0.4 is 4.90 Å². The number of rotatable bonds is 2. The van der Waals surface area contributed by atoms with Crippen molar-refractivity contribution in [2.75, 3.05) is 4.90 Å². The quantitative estimate of drug-likeness (QED) is 0.250. The van der Waals surface area contributed by atoms with Gasteiger partial charge in [-0.25, -0.2) is 0 Å². The summed E-state index contributed by atoms with van der Waals surface area (Å²) in [4.78, 5) is 29.5. The van der Waals surface area contributed by atoms with E-state index in [9.17, 15) is 22.8 Å². The fourth-order valence-corrected chi connectivity index (χ4v) is 6.00. The van der Waals surface area contributed by atoms with Crippen LogP contribution in [-0.4, -0.2) is 11.6 Å². The Kier molecular flexibility index (Phi) is 5.09. The molecule has 4 aromatic carbocycles. The minimum absolute atomic E-state index is 0.188. The largest absolute Gasteiger partial charge is 0.416 e. The average Bonchev–Trinajstić information content (AvgIpc) is 2.86. The zero-order valence-corrected chi connectivity index (χ0v) is 19.8. The molecule has 4 aromatic rings. The van der Waals surface area contributed by atoms with Crippen LogP contribution in [0.1, 0.15) is 48.5 Å². The molecule has 178 valence electrons. The maximum Gasteiger partial charge on any atom is 0.416 e. The molecule has 6 rings (SSSR count). The molecule has 0 saturated heterocycles. The van der Waals surface area contributed by atoms with Gasteiger partial charge in [-0.2, -0.15) is 13.2 Å². The van der Waals surface area contributed by atoms with E-state index < -0.39 is 11.7 Å². The highest BCUT2D eigenvalue weighted by molar-refractivity contribution is 7.99. The van der Waals surface area contributed by atoms with Crippen molar-refractivity contribution in [3.63, 3.8) is 0 Å². The molecular weight excluding hydrogens is 483 g/mol. The lowest BCUT2D eigenvalue weighted by Crippen LogP contribution is -2.23. The Morgan fingerprint density at radius 2 is 1.33 bits per heavy atom. The van der Waals surface area contributed by atoms with Crippen LogP contribution in [0.4, 0.5) is 24.5 Å². The predicted molar refractivity (Wildman–Crippen MR) is 132 cm³/mol. The molecule has 0 aromatic heterocycles. The number of halogens is 3. The number of fused-ring (bicyclic) bond motifs is 4. The van der Waals surface area contributed by atoms with E-state index in [4.69, 9.17) is 0 Å². The number of benzene rings is 4. The smallest absolute Gasteiger partial charge is 0.335 e. The van der Waals surface area contributed by atoms with E-state index in [1.807, 2.05) is 30.0 Å². The SMILES string of the molecule is Cc1ccc2c(c1)Sc1cc(C(F)(F)F)ccc1N2Cc1ccc2c(c1)C(=O)c1ccccc1C2=O. The molecule has 0 amide bonds. The predicted octanol–water partition coefficient (Wildman–Crippen LogP) is 7.59. The molecule has 2 aliphatic rings. The van der Waals surface area contributed by atoms with Gasteiger partial charge in [-0.05, 0) is 60.5 Å². The van der Waals surface area contributed by atoms with Crippen LogP contribution in [0.2, 0.25) is 0 Å². The van der Waals surface area contributed by atoms with E-state index >= 15 is 0 Å². The van der Waals surface area contributed by atoms with Crippen molar-refractivity contribution in [2.24, 2.45) is 0 Å². The number of nitrogens with zero attached hydrogens (tertiary/aromatic N) is 1. The second-order valence-corrected chi connectivity index (χ2v) is 10.0. The van der Waals surface area contributed by atoms with Gasteiger partial charge in [-0.1, -0.05) is 48.2 Å². The summed E-state index contributed by atoms with van der Waals surface area (Å²) in [6.45, 7) is 2.27. The highest BCUT2D eigenvalue weighted by Gasteiger charge is 2.34. The van der Waals surface area contributed by atoms with E-state index in [1.165, 1.54) is 23.9 Å². The van der Waals surface area contributed by atoms with Gasteiger partial charge in [0.25, 0.3) is 0 Å². The summed E-state index contributed by atoms with van der Waals surface area (Å²) < 4.78 is 40.2. The molecule has 0 unspecified atom stereocenters. The number of hydrogen-bond donors (Lipinski definition) is 0. The van der Waals surface area contributed by atoms with Crippen molar-refractivity contribution in [1.82, 2.24) is 0 Å². The first-order valence-electron chi connectivity index (χ1n) is 11.3. The van der Waals surface area contributed by atoms with Gasteiger partial charge in [0.05, 0.1) is 16.9 Å². The Bertz CT molecular complexity index is 1590. The number of hydrogen-bond acceptors (Lipinski definition) is 4. The highest BCUT2D eigenvalue weighted by Crippen LogP contribution is 2.50. The van der Waals surface area contributed by atoms with Crippen molar-refractivity contribution in [2.45, 2.75) is 29.4 Å². The Morgan fingerprint density at radius 1 is 0.722 bits per heavy atom. The van der Waals surface area contributed by atoms with E-state index in [2.05, 4.69) is 0 Å². The van der Waals surface area contributed by atoms with Crippen LogP contribution in [0.5, 0.6) is 0 Å². The molecule has 0 bridgehead atoms. The van der Waals surface area contributed by atoms with E-state index in [1.54, 1.807) is 42.5 Å². The number of alkyl halides is 3. The van der Waals surface area contributed by atoms with Gasteiger partial charge in [-0.15, -0.1) is 0 Å².